The normalized spacial score (nSPS) is 18.8. The molecule has 0 amide bonds. The molecule has 0 aliphatic carbocycles. The van der Waals surface area contributed by atoms with Gasteiger partial charge in [0.25, 0.3) is 0 Å². The third-order valence-electron chi connectivity index (χ3n) is 16.9. The molecule has 3 atom stereocenters. The van der Waals surface area contributed by atoms with Crippen LogP contribution in [0.2, 0.25) is 30.1 Å². The number of nitrogens with zero attached hydrogens (tertiary/aromatic N) is 12. The Labute approximate surface area is 626 Å². The highest BCUT2D eigenvalue weighted by Gasteiger charge is 2.39. The lowest BCUT2D eigenvalue weighted by Gasteiger charge is -2.34. The van der Waals surface area contributed by atoms with Gasteiger partial charge >= 0.3 is 5.97 Å². The molecule has 3 saturated heterocycles. The zero-order valence-corrected chi connectivity index (χ0v) is 67.2. The molecule has 8 aromatic rings. The number of nitriles is 1. The summed E-state index contributed by atoms with van der Waals surface area (Å²) in [4.78, 5) is 29.8. The molecule has 8 heterocycles. The Morgan fingerprint density at radius 3 is 1.51 bits per heavy atom. The van der Waals surface area contributed by atoms with Crippen molar-refractivity contribution in [1.29, 1.82) is 5.26 Å². The first kappa shape index (κ1) is 80.9. The summed E-state index contributed by atoms with van der Waals surface area (Å²) >= 11 is 41.3. The molecular formula is C70H99Cl6N17O3S3. The maximum absolute atomic E-state index is 11.8. The number of aromatic nitrogens is 8. The van der Waals surface area contributed by atoms with Crippen molar-refractivity contribution >= 4 is 152 Å². The Morgan fingerprint density at radius 1 is 0.616 bits per heavy atom. The van der Waals surface area contributed by atoms with Gasteiger partial charge in [0.2, 0.25) is 30.4 Å². The number of fused-ring (bicyclic) bond motifs is 2. The fraction of sp³-hybridized carbons (Fsp3) is 0.571. The van der Waals surface area contributed by atoms with Gasteiger partial charge in [-0.3, -0.25) is 4.79 Å². The maximum Gasteiger partial charge on any atom is 0.306 e. The largest absolute Gasteiger partial charge is 0.495 e. The SMILES string of the molecule is CC(C)(C)CC(C)(C)C#N.CC(C)(C)CC(C)(C)Nc1c(-c2cccc(Cl)c2Cl)nc2sc(N3CCC(C)(CN)C3)nn12.CC1(CCC(=O)OC(C)(C)C)CCN(c2nnc(N)s2)C1.CC1(CN)CCN(c2nn3c(N)c(-c4cccc(Cl)c4Cl)nc3s2)C1.COc1cccc(Cl)c1Cl. The molecule has 20 nitrogen and oxygen atoms in total. The lowest BCUT2D eigenvalue weighted by Crippen LogP contribution is -2.36. The second-order valence-electron chi connectivity index (χ2n) is 31.6. The molecular weight excluding hydrogens is 1440 g/mol. The number of rotatable bonds is 15. The Hall–Kier alpha value is -5.36. The van der Waals surface area contributed by atoms with Crippen LogP contribution in [-0.4, -0.2) is 116 Å². The van der Waals surface area contributed by atoms with Crippen molar-refractivity contribution in [3.05, 3.63) is 84.7 Å². The van der Waals surface area contributed by atoms with E-state index < -0.39 is 5.60 Å². The molecule has 11 rings (SSSR count). The van der Waals surface area contributed by atoms with E-state index >= 15 is 0 Å². The number of nitrogens with one attached hydrogen (secondary N) is 1. The Bertz CT molecular complexity index is 4110. The number of ether oxygens (including phenoxy) is 2. The number of imidazole rings is 2. The number of hydrogen-bond donors (Lipinski definition) is 5. The Kier molecular flexibility index (Phi) is 26.6. The summed E-state index contributed by atoms with van der Waals surface area (Å²) in [5.74, 6) is 1.78. The zero-order valence-electron chi connectivity index (χ0n) is 60.2. The molecule has 29 heteroatoms. The fourth-order valence-electron chi connectivity index (χ4n) is 12.6. The number of hydrogen-bond acceptors (Lipinski definition) is 21. The van der Waals surface area contributed by atoms with Crippen LogP contribution < -0.4 is 47.7 Å². The van der Waals surface area contributed by atoms with Gasteiger partial charge in [-0.05, 0) is 151 Å². The standard InChI is InChI=1S/C24H34Cl2N6S.C16H18Cl2N6S.C14H24N4O2S.C9H17N.C7H6Cl2O/c1-22(2,3)12-23(4,5)29-19-18(15-8-7-9-16(25)17(15)26)28-20-32(19)30-21(33-20)31-11-10-24(6,13-27)14-31;1-16(7-19)5-6-23(8-16)15-22-24-13(20)12(21-14(24)25-15)9-3-2-4-10(17)11(9)18;1-13(2,3)20-10(19)5-6-14(4)7-8-18(9-14)12-17-16-11(15)21-12;1-8(2,3)6-9(4,5)7-10;1-10-6-4-2-3-5(8)7(6)9/h7-9,29H,10-14,27H2,1-6H3;2-4H,5-8,19-20H2,1H3;5-9H2,1-4H3,(H2,15,16);6H2,1-5H3;2-4H,1H3. The highest BCUT2D eigenvalue weighted by molar-refractivity contribution is 7.20. The zero-order chi connectivity index (χ0) is 73.6. The minimum Gasteiger partial charge on any atom is -0.495 e. The Morgan fingerprint density at radius 2 is 1.07 bits per heavy atom. The molecule has 3 aliphatic rings. The van der Waals surface area contributed by atoms with Crippen LogP contribution in [0.15, 0.2) is 54.6 Å². The third kappa shape index (κ3) is 22.1. The predicted molar refractivity (Wildman–Crippen MR) is 418 cm³/mol. The van der Waals surface area contributed by atoms with E-state index in [0.29, 0.717) is 77.6 Å². The van der Waals surface area contributed by atoms with Crippen LogP contribution in [0.1, 0.15) is 156 Å². The molecule has 3 aliphatic heterocycles. The summed E-state index contributed by atoms with van der Waals surface area (Å²) in [7, 11) is 1.55. The number of nitrogens with two attached hydrogens (primary N) is 4. The highest BCUT2D eigenvalue weighted by Crippen LogP contribution is 2.45. The second-order valence-corrected chi connectivity index (χ2v) is 36.8. The molecule has 99 heavy (non-hydrogen) atoms. The van der Waals surface area contributed by atoms with Crippen molar-refractivity contribution < 1.29 is 14.3 Å². The van der Waals surface area contributed by atoms with Crippen LogP contribution in [0.4, 0.5) is 32.2 Å². The molecule has 542 valence electrons. The average molecular weight is 1540 g/mol. The smallest absolute Gasteiger partial charge is 0.306 e. The van der Waals surface area contributed by atoms with Crippen LogP contribution in [-0.2, 0) is 9.53 Å². The van der Waals surface area contributed by atoms with Crippen LogP contribution in [0, 0.1) is 43.8 Å². The summed E-state index contributed by atoms with van der Waals surface area (Å²) in [5, 5.41) is 36.2. The van der Waals surface area contributed by atoms with Gasteiger partial charge in [-0.15, -0.1) is 20.4 Å². The van der Waals surface area contributed by atoms with Gasteiger partial charge in [-0.25, -0.2) is 9.97 Å². The third-order valence-corrected chi connectivity index (χ3v) is 22.1. The first-order valence-corrected chi connectivity index (χ1v) is 37.7. The number of carbonyl (C=O) groups is 1. The number of carbonyl (C=O) groups excluding carboxylic acids is 1. The molecule has 3 unspecified atom stereocenters. The van der Waals surface area contributed by atoms with Crippen molar-refractivity contribution in [1.82, 2.24) is 39.4 Å². The lowest BCUT2D eigenvalue weighted by atomic mass is 9.77. The van der Waals surface area contributed by atoms with Crippen LogP contribution >= 0.6 is 104 Å². The van der Waals surface area contributed by atoms with Gasteiger partial charge < -0.3 is 52.4 Å². The molecule has 3 aromatic carbocycles. The van der Waals surface area contributed by atoms with E-state index in [2.05, 4.69) is 123 Å². The maximum atomic E-state index is 11.8. The summed E-state index contributed by atoms with van der Waals surface area (Å²) in [6, 6.07) is 18.6. The fourth-order valence-corrected chi connectivity index (χ4v) is 16.2. The number of anilines is 6. The van der Waals surface area contributed by atoms with Crippen molar-refractivity contribution in [3.8, 4) is 34.3 Å². The molecule has 0 saturated carbocycles. The van der Waals surface area contributed by atoms with E-state index in [-0.39, 0.29) is 44.0 Å². The summed E-state index contributed by atoms with van der Waals surface area (Å²) in [5.41, 5.74) is 26.7. The number of methoxy groups -OCH3 is 1. The summed E-state index contributed by atoms with van der Waals surface area (Å²) < 4.78 is 13.9. The van der Waals surface area contributed by atoms with Crippen LogP contribution in [0.5, 0.6) is 5.75 Å². The molecule has 0 bridgehead atoms. The van der Waals surface area contributed by atoms with Crippen LogP contribution in [0.25, 0.3) is 32.4 Å². The molecule has 9 N–H and O–H groups in total. The van der Waals surface area contributed by atoms with Gasteiger partial charge in [0, 0.05) is 62.4 Å². The predicted octanol–water partition coefficient (Wildman–Crippen LogP) is 18.5. The van der Waals surface area contributed by atoms with E-state index in [1.54, 1.807) is 53.3 Å². The molecule has 0 spiro atoms. The lowest BCUT2D eigenvalue weighted by molar-refractivity contribution is -0.155. The van der Waals surface area contributed by atoms with Crippen molar-refractivity contribution in [3.63, 3.8) is 0 Å². The molecule has 0 radical (unpaired) electrons. The van der Waals surface area contributed by atoms with Gasteiger partial charge in [0.05, 0.1) is 43.7 Å². The minimum atomic E-state index is -0.413. The summed E-state index contributed by atoms with van der Waals surface area (Å²) in [6.45, 7) is 40.8. The van der Waals surface area contributed by atoms with E-state index in [9.17, 15) is 4.79 Å². The minimum absolute atomic E-state index is 0.108. The summed E-state index contributed by atoms with van der Waals surface area (Å²) in [6.07, 6.45) is 6.37. The van der Waals surface area contributed by atoms with Crippen LogP contribution in [0.3, 0.4) is 0 Å². The van der Waals surface area contributed by atoms with Crippen molar-refractivity contribution in [2.24, 2.45) is 44.0 Å². The second kappa shape index (κ2) is 32.5. The van der Waals surface area contributed by atoms with Crippen molar-refractivity contribution in [2.45, 2.75) is 167 Å². The first-order valence-electron chi connectivity index (χ1n) is 33.0. The van der Waals surface area contributed by atoms with E-state index in [1.807, 2.05) is 63.4 Å². The number of halogens is 6. The van der Waals surface area contributed by atoms with Gasteiger partial charge in [0.15, 0.2) is 11.6 Å². The van der Waals surface area contributed by atoms with E-state index in [1.165, 1.54) is 22.7 Å². The topological polar surface area (TPSA) is 271 Å². The van der Waals surface area contributed by atoms with Crippen molar-refractivity contribution in [2.75, 3.05) is 91.0 Å². The number of esters is 1. The number of nitrogen functional groups attached to an aromatic ring is 2. The van der Waals surface area contributed by atoms with Gasteiger partial charge in [-0.1, -0.05) is 196 Å². The molecule has 5 aromatic heterocycles. The average Bonchev–Trinajstić information content (AvgIpc) is 1.13. The van der Waals surface area contributed by atoms with E-state index in [0.717, 1.165) is 120 Å². The molecule has 3 fully saturated rings. The highest BCUT2D eigenvalue weighted by atomic mass is 35.5. The monoisotopic (exact) mass is 1530 g/mol. The number of benzene rings is 3. The van der Waals surface area contributed by atoms with E-state index in [4.69, 9.17) is 117 Å². The Balaban J connectivity index is 0.000000186. The van der Waals surface area contributed by atoms with Gasteiger partial charge in [0.1, 0.15) is 27.8 Å². The van der Waals surface area contributed by atoms with Gasteiger partial charge in [-0.2, -0.15) is 14.3 Å². The first-order chi connectivity index (χ1) is 45.9. The quantitative estimate of drug-likeness (QED) is 0.0597.